The standard InChI is InChI=1S/C19H29N5O3.HI/c1-19(2,3)27-18(26)24-11-15(12-24)23-17(21-5)22-10-13-7-6-8-14(9-13)16(25)20-4;/h6-9,15H,10-12H2,1-5H3,(H,20,25)(H2,21,22,23);1H. The molecule has 0 bridgehead atoms. The highest BCUT2D eigenvalue weighted by atomic mass is 127. The van der Waals surface area contributed by atoms with E-state index in [0.29, 0.717) is 31.2 Å². The van der Waals surface area contributed by atoms with Crippen LogP contribution in [0.15, 0.2) is 29.3 Å². The maximum Gasteiger partial charge on any atom is 0.410 e. The average molecular weight is 503 g/mol. The van der Waals surface area contributed by atoms with Gasteiger partial charge in [0.25, 0.3) is 5.91 Å². The van der Waals surface area contributed by atoms with Crippen molar-refractivity contribution in [2.24, 2.45) is 4.99 Å². The number of likely N-dealkylation sites (tertiary alicyclic amines) is 1. The van der Waals surface area contributed by atoms with Crippen molar-refractivity contribution < 1.29 is 14.3 Å². The second-order valence-corrected chi connectivity index (χ2v) is 7.43. The number of hydrogen-bond donors (Lipinski definition) is 3. The molecule has 0 radical (unpaired) electrons. The van der Waals surface area contributed by atoms with Crippen LogP contribution in [0.3, 0.4) is 0 Å². The third kappa shape index (κ3) is 7.17. The molecule has 1 aliphatic heterocycles. The molecule has 0 atom stereocenters. The Morgan fingerprint density at radius 3 is 2.54 bits per heavy atom. The molecular formula is C19H30IN5O3. The third-order valence-electron chi connectivity index (χ3n) is 3.97. The van der Waals surface area contributed by atoms with E-state index in [4.69, 9.17) is 4.74 Å². The van der Waals surface area contributed by atoms with E-state index in [9.17, 15) is 9.59 Å². The molecule has 28 heavy (non-hydrogen) atoms. The van der Waals surface area contributed by atoms with Gasteiger partial charge in [-0.25, -0.2) is 4.79 Å². The van der Waals surface area contributed by atoms with Gasteiger partial charge in [0.15, 0.2) is 5.96 Å². The minimum absolute atomic E-state index is 0. The molecule has 2 rings (SSSR count). The van der Waals surface area contributed by atoms with E-state index in [2.05, 4.69) is 20.9 Å². The second kappa shape index (κ2) is 10.5. The molecule has 2 amide bonds. The van der Waals surface area contributed by atoms with Crippen molar-refractivity contribution >= 4 is 41.9 Å². The van der Waals surface area contributed by atoms with E-state index in [1.54, 1.807) is 25.1 Å². The van der Waals surface area contributed by atoms with E-state index < -0.39 is 5.60 Å². The van der Waals surface area contributed by atoms with Gasteiger partial charge in [0.2, 0.25) is 0 Å². The van der Waals surface area contributed by atoms with E-state index in [-0.39, 0.29) is 42.0 Å². The lowest BCUT2D eigenvalue weighted by Crippen LogP contribution is -2.63. The monoisotopic (exact) mass is 503 g/mol. The Labute approximate surface area is 183 Å². The topological polar surface area (TPSA) is 95.1 Å². The number of aliphatic imine (C=N–C) groups is 1. The molecule has 0 aromatic heterocycles. The summed E-state index contributed by atoms with van der Waals surface area (Å²) in [5.74, 6) is 0.533. The number of nitrogens with one attached hydrogen (secondary N) is 3. The maximum atomic E-state index is 12.0. The molecule has 0 unspecified atom stereocenters. The van der Waals surface area contributed by atoms with Gasteiger partial charge in [-0.2, -0.15) is 0 Å². The molecule has 8 nitrogen and oxygen atoms in total. The van der Waals surface area contributed by atoms with Crippen LogP contribution in [-0.2, 0) is 11.3 Å². The van der Waals surface area contributed by atoms with Crippen molar-refractivity contribution in [3.63, 3.8) is 0 Å². The number of carbonyl (C=O) groups is 2. The van der Waals surface area contributed by atoms with Crippen molar-refractivity contribution in [3.05, 3.63) is 35.4 Å². The number of guanidine groups is 1. The van der Waals surface area contributed by atoms with Crippen LogP contribution < -0.4 is 16.0 Å². The lowest BCUT2D eigenvalue weighted by Gasteiger charge is -2.40. The smallest absolute Gasteiger partial charge is 0.410 e. The SMILES string of the molecule is CN=C(NCc1cccc(C(=O)NC)c1)NC1CN(C(=O)OC(C)(C)C)C1.I. The van der Waals surface area contributed by atoms with E-state index in [1.165, 1.54) is 0 Å². The summed E-state index contributed by atoms with van der Waals surface area (Å²) in [5.41, 5.74) is 1.10. The minimum atomic E-state index is -0.490. The molecule has 1 saturated heterocycles. The van der Waals surface area contributed by atoms with Crippen molar-refractivity contribution in [2.45, 2.75) is 39.0 Å². The lowest BCUT2D eigenvalue weighted by atomic mass is 10.1. The molecule has 9 heteroatoms. The molecule has 1 heterocycles. The number of carbonyl (C=O) groups excluding carboxylic acids is 2. The van der Waals surface area contributed by atoms with Gasteiger partial charge < -0.3 is 25.6 Å². The first-order chi connectivity index (χ1) is 12.7. The highest BCUT2D eigenvalue weighted by Crippen LogP contribution is 2.15. The molecule has 1 aliphatic rings. The van der Waals surface area contributed by atoms with Crippen LogP contribution >= 0.6 is 24.0 Å². The molecule has 156 valence electrons. The van der Waals surface area contributed by atoms with Gasteiger partial charge in [0.05, 0.1) is 6.04 Å². The lowest BCUT2D eigenvalue weighted by molar-refractivity contribution is 0.00700. The Bertz CT molecular complexity index is 712. The van der Waals surface area contributed by atoms with Gasteiger partial charge in [-0.3, -0.25) is 9.79 Å². The Kier molecular flexibility index (Phi) is 8.99. The van der Waals surface area contributed by atoms with Gasteiger partial charge in [0, 0.05) is 39.3 Å². The zero-order chi connectivity index (χ0) is 20.0. The molecule has 0 saturated carbocycles. The highest BCUT2D eigenvalue weighted by Gasteiger charge is 2.34. The second-order valence-electron chi connectivity index (χ2n) is 7.43. The van der Waals surface area contributed by atoms with E-state index in [0.717, 1.165) is 5.56 Å². The Morgan fingerprint density at radius 1 is 1.29 bits per heavy atom. The van der Waals surface area contributed by atoms with Crippen molar-refractivity contribution in [1.29, 1.82) is 0 Å². The Balaban J connectivity index is 0.00000392. The zero-order valence-corrected chi connectivity index (χ0v) is 19.4. The number of ether oxygens (including phenoxy) is 1. The van der Waals surface area contributed by atoms with Crippen molar-refractivity contribution in [3.8, 4) is 0 Å². The Hall–Kier alpha value is -2.04. The zero-order valence-electron chi connectivity index (χ0n) is 17.0. The van der Waals surface area contributed by atoms with Crippen LogP contribution in [0.1, 0.15) is 36.7 Å². The number of rotatable bonds is 4. The summed E-state index contributed by atoms with van der Waals surface area (Å²) < 4.78 is 5.35. The largest absolute Gasteiger partial charge is 0.444 e. The summed E-state index contributed by atoms with van der Waals surface area (Å²) in [5, 5.41) is 9.12. The fourth-order valence-corrected chi connectivity index (χ4v) is 2.59. The summed E-state index contributed by atoms with van der Waals surface area (Å²) in [4.78, 5) is 29.5. The predicted octanol–water partition coefficient (Wildman–Crippen LogP) is 1.95. The molecular weight excluding hydrogens is 473 g/mol. The van der Waals surface area contributed by atoms with Crippen LogP contribution in [0.4, 0.5) is 4.79 Å². The van der Waals surface area contributed by atoms with Gasteiger partial charge in [-0.05, 0) is 38.5 Å². The van der Waals surface area contributed by atoms with Crippen LogP contribution in [0.5, 0.6) is 0 Å². The van der Waals surface area contributed by atoms with E-state index >= 15 is 0 Å². The number of halogens is 1. The highest BCUT2D eigenvalue weighted by molar-refractivity contribution is 14.0. The number of amides is 2. The van der Waals surface area contributed by atoms with Gasteiger partial charge in [-0.15, -0.1) is 24.0 Å². The first-order valence-electron chi connectivity index (χ1n) is 8.98. The van der Waals surface area contributed by atoms with Gasteiger partial charge >= 0.3 is 6.09 Å². The predicted molar refractivity (Wildman–Crippen MR) is 120 cm³/mol. The summed E-state index contributed by atoms with van der Waals surface area (Å²) in [6.07, 6.45) is -0.297. The van der Waals surface area contributed by atoms with Gasteiger partial charge in [-0.1, -0.05) is 12.1 Å². The number of benzene rings is 1. The molecule has 1 aromatic rings. The van der Waals surface area contributed by atoms with Crippen LogP contribution in [0.2, 0.25) is 0 Å². The quantitative estimate of drug-likeness (QED) is 0.332. The fraction of sp³-hybridized carbons (Fsp3) is 0.526. The number of nitrogens with zero attached hydrogens (tertiary/aromatic N) is 2. The molecule has 1 aromatic carbocycles. The minimum Gasteiger partial charge on any atom is -0.444 e. The molecule has 3 N–H and O–H groups in total. The summed E-state index contributed by atoms with van der Waals surface area (Å²) in [6.45, 7) is 7.23. The van der Waals surface area contributed by atoms with E-state index in [1.807, 2.05) is 39.0 Å². The Morgan fingerprint density at radius 2 is 1.96 bits per heavy atom. The number of hydrogen-bond acceptors (Lipinski definition) is 4. The maximum absolute atomic E-state index is 12.0. The molecule has 0 spiro atoms. The van der Waals surface area contributed by atoms with Crippen molar-refractivity contribution in [1.82, 2.24) is 20.9 Å². The molecule has 1 fully saturated rings. The first kappa shape index (κ1) is 24.0. The molecule has 0 aliphatic carbocycles. The fourth-order valence-electron chi connectivity index (χ4n) is 2.59. The summed E-state index contributed by atoms with van der Waals surface area (Å²) in [7, 11) is 3.30. The average Bonchev–Trinajstić information content (AvgIpc) is 2.58. The van der Waals surface area contributed by atoms with Gasteiger partial charge in [0.1, 0.15) is 5.60 Å². The van der Waals surface area contributed by atoms with Crippen molar-refractivity contribution in [2.75, 3.05) is 27.2 Å². The third-order valence-corrected chi connectivity index (χ3v) is 3.97. The van der Waals surface area contributed by atoms with Crippen LogP contribution in [0.25, 0.3) is 0 Å². The normalized spacial score (nSPS) is 14.5. The summed E-state index contributed by atoms with van der Waals surface area (Å²) in [6, 6.07) is 7.53. The van der Waals surface area contributed by atoms with Crippen LogP contribution in [0, 0.1) is 0 Å². The first-order valence-corrected chi connectivity index (χ1v) is 8.98. The summed E-state index contributed by atoms with van der Waals surface area (Å²) >= 11 is 0. The van der Waals surface area contributed by atoms with Crippen LogP contribution in [-0.4, -0.2) is 61.7 Å².